The molecule has 0 aromatic rings. The summed E-state index contributed by atoms with van der Waals surface area (Å²) < 4.78 is 34.4. The minimum Gasteiger partial charge on any atom is 3.00 e. The van der Waals surface area contributed by atoms with E-state index in [0.29, 0.717) is 0 Å². The van der Waals surface area contributed by atoms with Gasteiger partial charge < -0.3 is 0 Å². The molecular weight excluding hydrogens is 343 g/mol. The van der Waals surface area contributed by atoms with Crippen molar-refractivity contribution in [2.45, 2.75) is 0 Å². The molecule has 4 nitrogen and oxygen atoms in total. The van der Waals surface area contributed by atoms with Crippen LogP contribution in [-0.4, -0.2) is 41.8 Å². The Bertz CT molecular complexity index is 53.7. The molecule has 0 aliphatic heterocycles. The molecule has 0 aliphatic rings. The molecule has 0 heterocycles. The van der Waals surface area contributed by atoms with Crippen LogP contribution in [0.1, 0.15) is 0 Å². The molecule has 6 heteroatoms. The third-order valence-electron chi connectivity index (χ3n) is 0. The molecule has 0 aliphatic carbocycles. The molecule has 0 amide bonds. The van der Waals surface area contributed by atoms with E-state index in [1.54, 1.807) is 0 Å². The Morgan fingerprint density at radius 1 is 1.17 bits per heavy atom. The molecule has 0 fully saturated rings. The average Bonchev–Trinajstić information content (AvgIpc) is 0.722. The van der Waals surface area contributed by atoms with E-state index in [2.05, 4.69) is 0 Å². The fraction of sp³-hybridized carbons (Fsp3) is 0. The zero-order chi connectivity index (χ0) is 4.50. The summed E-state index contributed by atoms with van der Waals surface area (Å²) in [5.74, 6) is 0. The minimum absolute atomic E-state index is 0. The Balaban J connectivity index is 0. The van der Waals surface area contributed by atoms with Gasteiger partial charge in [0.1, 0.15) is 0 Å². The van der Waals surface area contributed by atoms with Crippen molar-refractivity contribution in [2.75, 3.05) is 0 Å². The molecule has 0 spiro atoms. The second-order valence-corrected chi connectivity index (χ2v) is 2.32. The van der Waals surface area contributed by atoms with Crippen molar-refractivity contribution in [1.82, 2.24) is 0 Å². The van der Waals surface area contributed by atoms with Crippen molar-refractivity contribution in [1.29, 1.82) is 0 Å². The van der Waals surface area contributed by atoms with Crippen LogP contribution >= 0.6 is 0 Å². The van der Waals surface area contributed by atoms with Crippen LogP contribution < -0.4 is 12.3 Å². The van der Waals surface area contributed by atoms with Gasteiger partial charge in [0.25, 0.3) is 0 Å². The van der Waals surface area contributed by atoms with Crippen LogP contribution in [0.15, 0.2) is 0 Å². The molecule has 0 saturated carbocycles. The molecule has 0 bridgehead atoms. The van der Waals surface area contributed by atoms with Crippen molar-refractivity contribution >= 4 is 41.8 Å². The summed E-state index contributed by atoms with van der Waals surface area (Å²) in [6, 6.07) is 0. The molecule has 0 saturated heterocycles. The van der Waals surface area contributed by atoms with Gasteiger partial charge in [0.15, 0.2) is 0 Å². The Kier molecular flexibility index (Phi) is 5.44. The van der Waals surface area contributed by atoms with Crippen molar-refractivity contribution in [2.24, 2.45) is 0 Å². The van der Waals surface area contributed by atoms with Gasteiger partial charge in [-0.15, -0.1) is 0 Å². The maximum atomic E-state index is 8.61. The fourth-order valence-corrected chi connectivity index (χ4v) is 0. The van der Waals surface area contributed by atoms with Crippen LogP contribution in [0.5, 0.6) is 0 Å². The van der Waals surface area contributed by atoms with E-state index in [0.717, 1.165) is 0 Å². The standard InChI is InChI=1S/AsH3O4.Tl/c2-1(3,4)5;/h(H3,2,3,4,5);/q;+3/p-3. The number of hydrogen-bond acceptors (Lipinski definition) is 4. The normalized spacial score (nSPS) is 9.83. The van der Waals surface area contributed by atoms with Crippen LogP contribution in [0.3, 0.4) is 0 Å². The summed E-state index contributed by atoms with van der Waals surface area (Å²) >= 11 is -5.88. The maximum absolute atomic E-state index is 8.61. The van der Waals surface area contributed by atoms with Gasteiger partial charge in [-0.3, -0.25) is 0 Å². The van der Waals surface area contributed by atoms with Crippen molar-refractivity contribution in [3.05, 3.63) is 0 Å². The monoisotopic (exact) mass is 344 g/mol. The molecule has 6 heavy (non-hydrogen) atoms. The SMILES string of the molecule is O=[As]([O-])([O-])[O-].[Tl+3]. The minimum atomic E-state index is -5.88. The van der Waals surface area contributed by atoms with Crippen molar-refractivity contribution in [3.63, 3.8) is 0 Å². The van der Waals surface area contributed by atoms with E-state index in [4.69, 9.17) is 16.0 Å². The van der Waals surface area contributed by atoms with Gasteiger partial charge >= 0.3 is 57.8 Å². The quantitative estimate of drug-likeness (QED) is 0.415. The van der Waals surface area contributed by atoms with Crippen LogP contribution in [-0.2, 0) is 3.74 Å². The third kappa shape index (κ3) is 66.3. The predicted molar refractivity (Wildman–Crippen MR) is 12.2 cm³/mol. The number of rotatable bonds is 0. The van der Waals surface area contributed by atoms with Crippen LogP contribution in [0.25, 0.3) is 0 Å². The molecule has 0 aromatic heterocycles. The van der Waals surface area contributed by atoms with Crippen LogP contribution in [0.2, 0.25) is 0 Å². The van der Waals surface area contributed by atoms with Gasteiger partial charge in [-0.25, -0.2) is 0 Å². The maximum Gasteiger partial charge on any atom is 3.00 e. The van der Waals surface area contributed by atoms with Gasteiger partial charge in [0.2, 0.25) is 0 Å². The van der Waals surface area contributed by atoms with E-state index in [9.17, 15) is 0 Å². The smallest absolute Gasteiger partial charge is 3.00 e. The third-order valence-corrected chi connectivity index (χ3v) is 0. The Morgan fingerprint density at radius 3 is 1.17 bits per heavy atom. The van der Waals surface area contributed by atoms with Gasteiger partial charge in [0, 0.05) is 0 Å². The van der Waals surface area contributed by atoms with Gasteiger partial charge in [-0.1, -0.05) is 0 Å². The van der Waals surface area contributed by atoms with Gasteiger partial charge in [0.05, 0.1) is 0 Å². The number of hydrogen-bond donors (Lipinski definition) is 0. The van der Waals surface area contributed by atoms with Gasteiger partial charge in [-0.05, 0) is 0 Å². The second-order valence-electron chi connectivity index (χ2n) is 0.447. The summed E-state index contributed by atoms with van der Waals surface area (Å²) in [6.07, 6.45) is 0. The summed E-state index contributed by atoms with van der Waals surface area (Å²) in [5.41, 5.74) is 0. The van der Waals surface area contributed by atoms with Crippen LogP contribution in [0.4, 0.5) is 0 Å². The zero-order valence-corrected chi connectivity index (χ0v) is 9.02. The Hall–Kier alpha value is 1.16. The fourth-order valence-electron chi connectivity index (χ4n) is 0. The largest absolute Gasteiger partial charge is 3.00 e. The van der Waals surface area contributed by atoms with Crippen molar-refractivity contribution < 1.29 is 16.0 Å². The van der Waals surface area contributed by atoms with E-state index < -0.39 is 14.5 Å². The first-order valence-corrected chi connectivity index (χ1v) is 3.79. The zero-order valence-electron chi connectivity index (χ0n) is 2.66. The molecule has 32 valence electrons. The molecule has 0 rings (SSSR count). The Morgan fingerprint density at radius 2 is 1.17 bits per heavy atom. The molecule has 0 N–H and O–H groups in total. The first kappa shape index (κ1) is 10.2. The van der Waals surface area contributed by atoms with E-state index in [-0.39, 0.29) is 27.3 Å². The molecular formula is AsO4Tl. The predicted octanol–water partition coefficient (Wildman–Crippen LogP) is -4.45. The molecule has 0 atom stereocenters. The van der Waals surface area contributed by atoms with E-state index in [1.807, 2.05) is 0 Å². The average molecular weight is 343 g/mol. The topological polar surface area (TPSA) is 86.2 Å². The molecule has 0 unspecified atom stereocenters. The molecule has 0 radical (unpaired) electrons. The Labute approximate surface area is 57.7 Å². The van der Waals surface area contributed by atoms with E-state index in [1.165, 1.54) is 0 Å². The summed E-state index contributed by atoms with van der Waals surface area (Å²) in [5, 5.41) is 0. The summed E-state index contributed by atoms with van der Waals surface area (Å²) in [6.45, 7) is 0. The van der Waals surface area contributed by atoms with Crippen molar-refractivity contribution in [3.8, 4) is 0 Å². The molecule has 0 aromatic carbocycles. The summed E-state index contributed by atoms with van der Waals surface area (Å²) in [7, 11) is 0. The van der Waals surface area contributed by atoms with Crippen LogP contribution in [0, 0.1) is 0 Å². The van der Waals surface area contributed by atoms with E-state index >= 15 is 0 Å². The first-order chi connectivity index (χ1) is 2.00. The second kappa shape index (κ2) is 3.20. The van der Waals surface area contributed by atoms with Gasteiger partial charge in [-0.2, -0.15) is 0 Å². The summed E-state index contributed by atoms with van der Waals surface area (Å²) in [4.78, 5) is 0. The first-order valence-electron chi connectivity index (χ1n) is 0.730.